The van der Waals surface area contributed by atoms with Crippen LogP contribution in [-0.2, 0) is 24.8 Å². The highest BCUT2D eigenvalue weighted by atomic mass is 32.2. The molecule has 0 saturated heterocycles. The number of anilines is 1. The summed E-state index contributed by atoms with van der Waals surface area (Å²) in [6.45, 7) is -0.00806. The third-order valence-electron chi connectivity index (χ3n) is 5.95. The van der Waals surface area contributed by atoms with Gasteiger partial charge in [-0.15, -0.1) is 0 Å². The van der Waals surface area contributed by atoms with Crippen LogP contribution in [0.2, 0.25) is 0 Å². The van der Waals surface area contributed by atoms with Crippen molar-refractivity contribution in [2.45, 2.75) is 15.9 Å². The number of carbonyl (C=O) groups is 1. The molecule has 1 heterocycles. The molecule has 39 heavy (non-hydrogen) atoms. The summed E-state index contributed by atoms with van der Waals surface area (Å²) < 4.78 is 70.2. The fourth-order valence-electron chi connectivity index (χ4n) is 3.82. The number of rotatable bonds is 10. The molecule has 1 aliphatic heterocycles. The van der Waals surface area contributed by atoms with E-state index in [9.17, 15) is 21.6 Å². The zero-order valence-electron chi connectivity index (χ0n) is 21.6. The molecule has 3 aromatic rings. The molecule has 0 fully saturated rings. The Bertz CT molecular complexity index is 1520. The van der Waals surface area contributed by atoms with Gasteiger partial charge in [0.1, 0.15) is 23.9 Å². The lowest BCUT2D eigenvalue weighted by atomic mass is 10.2. The lowest BCUT2D eigenvalue weighted by Gasteiger charge is -2.34. The van der Waals surface area contributed by atoms with Crippen molar-refractivity contribution in [3.63, 3.8) is 0 Å². The van der Waals surface area contributed by atoms with Crippen molar-refractivity contribution in [1.29, 1.82) is 0 Å². The van der Waals surface area contributed by atoms with E-state index in [2.05, 4.69) is 5.32 Å². The molecule has 11 nitrogen and oxygen atoms in total. The molecule has 1 atom stereocenters. The van der Waals surface area contributed by atoms with Crippen LogP contribution in [0, 0.1) is 0 Å². The second-order valence-electron chi connectivity index (χ2n) is 8.68. The van der Waals surface area contributed by atoms with Gasteiger partial charge in [-0.25, -0.2) is 21.1 Å². The van der Waals surface area contributed by atoms with Gasteiger partial charge in [-0.1, -0.05) is 12.1 Å². The van der Waals surface area contributed by atoms with Crippen molar-refractivity contribution >= 4 is 31.6 Å². The lowest BCUT2D eigenvalue weighted by molar-refractivity contribution is -0.127. The number of hydrogen-bond donors (Lipinski definition) is 1. The van der Waals surface area contributed by atoms with Crippen molar-refractivity contribution in [3.8, 4) is 17.2 Å². The highest BCUT2D eigenvalue weighted by Gasteiger charge is 2.37. The highest BCUT2D eigenvalue weighted by molar-refractivity contribution is 7.92. The van der Waals surface area contributed by atoms with E-state index in [0.717, 1.165) is 8.61 Å². The van der Waals surface area contributed by atoms with E-state index in [-0.39, 0.29) is 35.2 Å². The second kappa shape index (κ2) is 11.5. The summed E-state index contributed by atoms with van der Waals surface area (Å²) in [6.07, 6.45) is -1.09. The summed E-state index contributed by atoms with van der Waals surface area (Å²) in [4.78, 5) is 13.1. The van der Waals surface area contributed by atoms with E-state index in [1.807, 2.05) is 0 Å². The third kappa shape index (κ3) is 6.10. The molecule has 3 aromatic carbocycles. The van der Waals surface area contributed by atoms with Gasteiger partial charge in [0.05, 0.1) is 35.7 Å². The predicted molar refractivity (Wildman–Crippen MR) is 144 cm³/mol. The Morgan fingerprint density at radius 1 is 0.949 bits per heavy atom. The van der Waals surface area contributed by atoms with Gasteiger partial charge in [-0.2, -0.15) is 0 Å². The molecule has 13 heteroatoms. The quantitative estimate of drug-likeness (QED) is 0.364. The third-order valence-corrected chi connectivity index (χ3v) is 9.57. The van der Waals surface area contributed by atoms with Gasteiger partial charge in [0, 0.05) is 14.1 Å². The standard InChI is InChI=1S/C26H29N3O8S2/c1-28(2)38(31,32)21-14-10-20(11-15-21)36-17-16-27-26(30)25-18-29(23-6-4-5-7-24(23)37-25)39(33,34)22-12-8-19(35-3)9-13-22/h4-15,25H,16-18H2,1-3H3,(H,27,30)/t25-/m0/s1. The van der Waals surface area contributed by atoms with E-state index in [0.29, 0.717) is 17.2 Å². The number of methoxy groups -OCH3 is 1. The number of hydrogen-bond acceptors (Lipinski definition) is 8. The fourth-order valence-corrected chi connectivity index (χ4v) is 6.19. The number of nitrogens with one attached hydrogen (secondary N) is 1. The number of carbonyl (C=O) groups excluding carboxylic acids is 1. The largest absolute Gasteiger partial charge is 0.497 e. The van der Waals surface area contributed by atoms with Crippen LogP contribution in [0.25, 0.3) is 0 Å². The summed E-state index contributed by atoms with van der Waals surface area (Å²) in [6, 6.07) is 18.5. The number of fused-ring (bicyclic) bond motifs is 1. The molecule has 1 N–H and O–H groups in total. The Morgan fingerprint density at radius 2 is 1.56 bits per heavy atom. The Hall–Kier alpha value is -3.81. The maximum atomic E-state index is 13.5. The van der Waals surface area contributed by atoms with E-state index < -0.39 is 32.1 Å². The molecule has 0 unspecified atom stereocenters. The van der Waals surface area contributed by atoms with Gasteiger partial charge in [0.2, 0.25) is 10.0 Å². The molecule has 0 spiro atoms. The molecule has 208 valence electrons. The van der Waals surface area contributed by atoms with Gasteiger partial charge in [0.25, 0.3) is 15.9 Å². The van der Waals surface area contributed by atoms with Gasteiger partial charge in [-0.3, -0.25) is 9.10 Å². The van der Waals surface area contributed by atoms with Gasteiger partial charge in [-0.05, 0) is 60.7 Å². The summed E-state index contributed by atoms with van der Waals surface area (Å²) in [5, 5.41) is 2.70. The number of sulfonamides is 2. The van der Waals surface area contributed by atoms with Crippen LogP contribution >= 0.6 is 0 Å². The summed E-state index contributed by atoms with van der Waals surface area (Å²) >= 11 is 0. The minimum absolute atomic E-state index is 0.0527. The van der Waals surface area contributed by atoms with Gasteiger partial charge in [0.15, 0.2) is 6.10 Å². The maximum absolute atomic E-state index is 13.5. The number of amides is 1. The average Bonchev–Trinajstić information content (AvgIpc) is 2.94. The number of para-hydroxylation sites is 2. The first-order valence-corrected chi connectivity index (χ1v) is 14.8. The van der Waals surface area contributed by atoms with Crippen LogP contribution < -0.4 is 23.8 Å². The Labute approximate surface area is 228 Å². The second-order valence-corrected chi connectivity index (χ2v) is 12.7. The minimum atomic E-state index is -4.00. The summed E-state index contributed by atoms with van der Waals surface area (Å²) in [7, 11) is -3.16. The highest BCUT2D eigenvalue weighted by Crippen LogP contribution is 2.37. The molecule has 0 saturated carbocycles. The van der Waals surface area contributed by atoms with Crippen LogP contribution in [0.3, 0.4) is 0 Å². The molecular formula is C26H29N3O8S2. The zero-order chi connectivity index (χ0) is 28.2. The van der Waals surface area contributed by atoms with Gasteiger partial charge < -0.3 is 19.5 Å². The van der Waals surface area contributed by atoms with E-state index >= 15 is 0 Å². The molecule has 1 aliphatic rings. The first-order valence-electron chi connectivity index (χ1n) is 11.9. The smallest absolute Gasteiger partial charge is 0.264 e. The average molecular weight is 576 g/mol. The van der Waals surface area contributed by atoms with Crippen molar-refractivity contribution in [2.24, 2.45) is 0 Å². The SMILES string of the molecule is COc1ccc(S(=O)(=O)N2C[C@@H](C(=O)NCCOc3ccc(S(=O)(=O)N(C)C)cc3)Oc3ccccc32)cc1. The molecule has 1 amide bonds. The van der Waals surface area contributed by atoms with E-state index in [4.69, 9.17) is 14.2 Å². The van der Waals surface area contributed by atoms with Crippen molar-refractivity contribution in [2.75, 3.05) is 45.2 Å². The topological polar surface area (TPSA) is 132 Å². The molecule has 0 radical (unpaired) electrons. The molecule has 0 aliphatic carbocycles. The van der Waals surface area contributed by atoms with Crippen molar-refractivity contribution in [3.05, 3.63) is 72.8 Å². The van der Waals surface area contributed by atoms with Crippen LogP contribution in [0.1, 0.15) is 0 Å². The molecule has 4 rings (SSSR count). The molecule has 0 bridgehead atoms. The first-order chi connectivity index (χ1) is 18.5. The van der Waals surface area contributed by atoms with Crippen LogP contribution in [0.5, 0.6) is 17.2 Å². The first kappa shape index (κ1) is 28.2. The number of benzene rings is 3. The van der Waals surface area contributed by atoms with Crippen molar-refractivity contribution < 1.29 is 35.8 Å². The monoisotopic (exact) mass is 575 g/mol. The maximum Gasteiger partial charge on any atom is 0.264 e. The fraction of sp³-hybridized carbons (Fsp3) is 0.269. The minimum Gasteiger partial charge on any atom is -0.497 e. The number of ether oxygens (including phenoxy) is 3. The van der Waals surface area contributed by atoms with Crippen LogP contribution in [0.4, 0.5) is 5.69 Å². The Morgan fingerprint density at radius 3 is 2.21 bits per heavy atom. The predicted octanol–water partition coefficient (Wildman–Crippen LogP) is 2.10. The normalized spacial score (nSPS) is 15.3. The molecular weight excluding hydrogens is 546 g/mol. The van der Waals surface area contributed by atoms with E-state index in [1.54, 1.807) is 36.4 Å². The molecule has 0 aromatic heterocycles. The lowest BCUT2D eigenvalue weighted by Crippen LogP contribution is -2.51. The number of nitrogens with zero attached hydrogens (tertiary/aromatic N) is 2. The van der Waals surface area contributed by atoms with Gasteiger partial charge >= 0.3 is 0 Å². The van der Waals surface area contributed by atoms with Crippen LogP contribution in [0.15, 0.2) is 82.6 Å². The Kier molecular flexibility index (Phi) is 8.33. The Balaban J connectivity index is 1.40. The van der Waals surface area contributed by atoms with Crippen LogP contribution in [-0.4, -0.2) is 74.1 Å². The van der Waals surface area contributed by atoms with Crippen molar-refractivity contribution in [1.82, 2.24) is 9.62 Å². The summed E-state index contributed by atoms with van der Waals surface area (Å²) in [5.74, 6) is 0.715. The zero-order valence-corrected chi connectivity index (χ0v) is 23.2. The summed E-state index contributed by atoms with van der Waals surface area (Å²) in [5.41, 5.74) is 0.334. The van der Waals surface area contributed by atoms with E-state index in [1.165, 1.54) is 57.6 Å².